The van der Waals surface area contributed by atoms with Crippen molar-refractivity contribution in [2.75, 3.05) is 36.3 Å². The fourth-order valence-electron chi connectivity index (χ4n) is 3.53. The van der Waals surface area contributed by atoms with Crippen LogP contribution in [0.5, 0.6) is 0 Å². The molecule has 2 heterocycles. The van der Waals surface area contributed by atoms with Crippen LogP contribution in [0.3, 0.4) is 0 Å². The Morgan fingerprint density at radius 2 is 1.77 bits per heavy atom. The third-order valence-electron chi connectivity index (χ3n) is 5.16. The first-order valence-electron chi connectivity index (χ1n) is 9.45. The zero-order chi connectivity index (χ0) is 22.2. The van der Waals surface area contributed by atoms with Crippen molar-refractivity contribution in [2.45, 2.75) is 18.6 Å². The van der Waals surface area contributed by atoms with Crippen LogP contribution < -0.4 is 10.0 Å². The number of benzene rings is 2. The van der Waals surface area contributed by atoms with E-state index in [9.17, 15) is 17.2 Å². The number of nitrogens with zero attached hydrogens (tertiary/aromatic N) is 1. The van der Waals surface area contributed by atoms with E-state index in [0.717, 1.165) is 9.64 Å². The van der Waals surface area contributed by atoms with Gasteiger partial charge in [0.2, 0.25) is 0 Å². The van der Waals surface area contributed by atoms with E-state index in [-0.39, 0.29) is 24.5 Å². The highest BCUT2D eigenvalue weighted by Gasteiger charge is 2.42. The minimum atomic E-state index is -4.03. The van der Waals surface area contributed by atoms with Gasteiger partial charge in [0, 0.05) is 35.2 Å². The quantitative estimate of drug-likeness (QED) is 0.507. The van der Waals surface area contributed by atoms with E-state index in [1.54, 1.807) is 12.1 Å². The summed E-state index contributed by atoms with van der Waals surface area (Å²) in [5.74, 6) is -3.05. The van der Waals surface area contributed by atoms with Gasteiger partial charge in [0.05, 0.1) is 23.9 Å². The number of halogens is 4. The molecule has 2 N–H and O–H groups in total. The van der Waals surface area contributed by atoms with Gasteiger partial charge in [-0.25, -0.2) is 8.78 Å². The Kier molecular flexibility index (Phi) is 6.62. The van der Waals surface area contributed by atoms with Crippen molar-refractivity contribution in [3.05, 3.63) is 50.6 Å². The lowest BCUT2D eigenvalue weighted by Crippen LogP contribution is -2.48. The number of piperidine rings is 1. The molecule has 2 aromatic carbocycles. The Morgan fingerprint density at radius 3 is 2.42 bits per heavy atom. The molecule has 1 spiro atoms. The molecule has 0 radical (unpaired) electrons. The predicted molar refractivity (Wildman–Crippen MR) is 122 cm³/mol. The molecule has 0 aromatic heterocycles. The number of hydrogen-bond acceptors (Lipinski definition) is 5. The summed E-state index contributed by atoms with van der Waals surface area (Å²) in [4.78, 5) is 0. The first-order valence-corrected chi connectivity index (χ1v) is 12.3. The molecule has 2 aliphatic rings. The second kappa shape index (κ2) is 8.94. The van der Waals surface area contributed by atoms with Crippen molar-refractivity contribution in [2.24, 2.45) is 0 Å². The van der Waals surface area contributed by atoms with Gasteiger partial charge in [-0.05, 0) is 52.9 Å². The van der Waals surface area contributed by atoms with Crippen LogP contribution in [0, 0.1) is 15.2 Å². The number of nitrogens with one attached hydrogen (secondary N) is 2. The van der Waals surface area contributed by atoms with Crippen LogP contribution in [-0.4, -0.2) is 44.8 Å². The lowest BCUT2D eigenvalue weighted by molar-refractivity contribution is -0.179. The zero-order valence-electron chi connectivity index (χ0n) is 16.1. The summed E-state index contributed by atoms with van der Waals surface area (Å²) in [5, 5.41) is 3.15. The van der Waals surface area contributed by atoms with Crippen LogP contribution in [-0.2, 0) is 19.7 Å². The van der Waals surface area contributed by atoms with Gasteiger partial charge < -0.3 is 14.8 Å². The molecule has 2 aromatic rings. The van der Waals surface area contributed by atoms with Crippen molar-refractivity contribution in [1.82, 2.24) is 4.31 Å². The van der Waals surface area contributed by atoms with E-state index in [4.69, 9.17) is 21.1 Å². The van der Waals surface area contributed by atoms with Crippen LogP contribution in [0.15, 0.2) is 30.3 Å². The maximum absolute atomic E-state index is 14.6. The highest BCUT2D eigenvalue weighted by Crippen LogP contribution is 2.35. The standard InChI is InChI=1S/C19H19ClF2IN3O4S/c20-13-11-12(1-3-15(13)23)24-18-16(4-2-14(21)17(18)22)25-31(27,28)26-7-5-19(6-8-26)29-9-10-30-19/h1-4,11,24-25H,5-10H2. The van der Waals surface area contributed by atoms with E-state index < -0.39 is 27.6 Å². The molecule has 0 unspecified atom stereocenters. The summed E-state index contributed by atoms with van der Waals surface area (Å²) in [5.41, 5.74) is -0.0789. The number of anilines is 3. The highest BCUT2D eigenvalue weighted by atomic mass is 127. The van der Waals surface area contributed by atoms with Gasteiger partial charge in [0.1, 0.15) is 5.69 Å². The van der Waals surface area contributed by atoms with Gasteiger partial charge in [-0.15, -0.1) is 0 Å². The number of ether oxygens (including phenoxy) is 2. The Hall–Kier alpha value is -1.25. The summed E-state index contributed by atoms with van der Waals surface area (Å²) < 4.78 is 70.0. The molecule has 4 rings (SSSR count). The third-order valence-corrected chi connectivity index (χ3v) is 8.26. The summed E-state index contributed by atoms with van der Waals surface area (Å²) in [7, 11) is -4.03. The summed E-state index contributed by atoms with van der Waals surface area (Å²) >= 11 is 8.13. The van der Waals surface area contributed by atoms with Crippen molar-refractivity contribution >= 4 is 61.5 Å². The molecule has 2 aliphatic heterocycles. The Balaban J connectivity index is 1.56. The van der Waals surface area contributed by atoms with Crippen molar-refractivity contribution in [3.63, 3.8) is 0 Å². The van der Waals surface area contributed by atoms with E-state index in [1.807, 2.05) is 22.6 Å². The Labute approximate surface area is 197 Å². The van der Waals surface area contributed by atoms with Crippen LogP contribution in [0.4, 0.5) is 25.8 Å². The van der Waals surface area contributed by atoms with E-state index in [1.165, 1.54) is 16.4 Å². The lowest BCUT2D eigenvalue weighted by atomic mass is 10.1. The minimum Gasteiger partial charge on any atom is -0.351 e. The molecule has 0 bridgehead atoms. The third kappa shape index (κ3) is 4.91. The molecule has 0 amide bonds. The molecule has 2 saturated heterocycles. The smallest absolute Gasteiger partial charge is 0.301 e. The molecule has 12 heteroatoms. The summed E-state index contributed by atoms with van der Waals surface area (Å²) in [6.07, 6.45) is 0.774. The number of hydrogen-bond donors (Lipinski definition) is 2. The van der Waals surface area contributed by atoms with Gasteiger partial charge >= 0.3 is 10.2 Å². The minimum absolute atomic E-state index is 0.123. The van der Waals surface area contributed by atoms with Gasteiger partial charge in [0.25, 0.3) is 0 Å². The largest absolute Gasteiger partial charge is 0.351 e. The molecule has 7 nitrogen and oxygen atoms in total. The average Bonchev–Trinajstić information content (AvgIpc) is 3.18. The lowest BCUT2D eigenvalue weighted by Gasteiger charge is -2.36. The van der Waals surface area contributed by atoms with E-state index in [0.29, 0.717) is 36.8 Å². The first kappa shape index (κ1) is 22.9. The maximum Gasteiger partial charge on any atom is 0.301 e. The molecule has 31 heavy (non-hydrogen) atoms. The Morgan fingerprint density at radius 1 is 1.10 bits per heavy atom. The maximum atomic E-state index is 14.6. The van der Waals surface area contributed by atoms with Crippen molar-refractivity contribution in [1.29, 1.82) is 0 Å². The normalized spacial score (nSPS) is 19.0. The molecule has 2 fully saturated rings. The summed E-state index contributed by atoms with van der Waals surface area (Å²) in [6.45, 7) is 1.32. The van der Waals surface area contributed by atoms with Gasteiger partial charge in [-0.3, -0.25) is 4.72 Å². The second-order valence-corrected chi connectivity index (χ2v) is 10.4. The van der Waals surface area contributed by atoms with Gasteiger partial charge in [0.15, 0.2) is 17.4 Å². The molecular formula is C19H19ClF2IN3O4S. The van der Waals surface area contributed by atoms with Crippen LogP contribution in [0.2, 0.25) is 5.02 Å². The highest BCUT2D eigenvalue weighted by molar-refractivity contribution is 14.1. The molecule has 168 valence electrons. The van der Waals surface area contributed by atoms with Gasteiger partial charge in [-0.2, -0.15) is 12.7 Å². The van der Waals surface area contributed by atoms with Crippen LogP contribution in [0.1, 0.15) is 12.8 Å². The first-order chi connectivity index (χ1) is 14.7. The fourth-order valence-corrected chi connectivity index (χ4v) is 5.29. The second-order valence-electron chi connectivity index (χ2n) is 7.15. The number of rotatable bonds is 5. The summed E-state index contributed by atoms with van der Waals surface area (Å²) in [6, 6.07) is 6.90. The van der Waals surface area contributed by atoms with E-state index in [2.05, 4.69) is 10.0 Å². The zero-order valence-corrected chi connectivity index (χ0v) is 19.9. The monoisotopic (exact) mass is 585 g/mol. The molecular weight excluding hydrogens is 567 g/mol. The van der Waals surface area contributed by atoms with Crippen molar-refractivity contribution < 1.29 is 26.7 Å². The van der Waals surface area contributed by atoms with Crippen LogP contribution in [0.25, 0.3) is 0 Å². The predicted octanol–water partition coefficient (Wildman–Crippen LogP) is 4.46. The molecule has 0 aliphatic carbocycles. The van der Waals surface area contributed by atoms with Crippen LogP contribution >= 0.6 is 34.2 Å². The van der Waals surface area contributed by atoms with Crippen molar-refractivity contribution in [3.8, 4) is 0 Å². The van der Waals surface area contributed by atoms with Gasteiger partial charge in [-0.1, -0.05) is 11.6 Å². The molecule has 0 atom stereocenters. The molecule has 0 saturated carbocycles. The topological polar surface area (TPSA) is 79.9 Å². The average molecular weight is 586 g/mol. The SMILES string of the molecule is O=S(=O)(Nc1ccc(F)c(F)c1Nc1ccc(I)c(Cl)c1)N1CCC2(CC1)OCCO2. The Bertz CT molecular complexity index is 1090. The fraction of sp³-hybridized carbons (Fsp3) is 0.368. The van der Waals surface area contributed by atoms with E-state index >= 15 is 0 Å².